The molecule has 3 aliphatic carbocycles. The third kappa shape index (κ3) is 8.07. The van der Waals surface area contributed by atoms with Gasteiger partial charge in [-0.2, -0.15) is 0 Å². The van der Waals surface area contributed by atoms with Crippen LogP contribution < -0.4 is 20.7 Å². The summed E-state index contributed by atoms with van der Waals surface area (Å²) < 4.78 is 39.4. The number of hydrogen-bond acceptors (Lipinski definition) is 10. The molecule has 7 rings (SSSR count). The van der Waals surface area contributed by atoms with Crippen molar-refractivity contribution in [3.63, 3.8) is 0 Å². The summed E-state index contributed by atoms with van der Waals surface area (Å²) in [6.07, 6.45) is 5.32. The molecule has 5 atom stereocenters. The summed E-state index contributed by atoms with van der Waals surface area (Å²) in [4.78, 5) is 63.2. The molecule has 3 N–H and O–H groups in total. The molecule has 15 heteroatoms. The highest BCUT2D eigenvalue weighted by Crippen LogP contribution is 2.45. The number of benzene rings is 2. The van der Waals surface area contributed by atoms with Gasteiger partial charge in [0.15, 0.2) is 0 Å². The Labute approximate surface area is 320 Å². The number of nitrogens with zero attached hydrogens (tertiary/aromatic N) is 2. The van der Waals surface area contributed by atoms with E-state index in [1.165, 1.54) is 11.0 Å². The first-order valence-electron chi connectivity index (χ1n) is 19.1. The van der Waals surface area contributed by atoms with E-state index in [0.717, 1.165) is 32.1 Å². The molecule has 0 bridgehead atoms. The van der Waals surface area contributed by atoms with Crippen molar-refractivity contribution in [2.75, 3.05) is 6.54 Å². The van der Waals surface area contributed by atoms with E-state index in [1.807, 2.05) is 48.5 Å². The maximum absolute atomic E-state index is 14.6. The lowest BCUT2D eigenvalue weighted by Crippen LogP contribution is -2.60. The van der Waals surface area contributed by atoms with Gasteiger partial charge in [-0.1, -0.05) is 62.7 Å². The molecule has 1 saturated heterocycles. The predicted octanol–water partition coefficient (Wildman–Crippen LogP) is 4.53. The lowest BCUT2D eigenvalue weighted by atomic mass is 9.85. The number of carbonyl (C=O) groups excluding carboxylic acids is 4. The third-order valence-corrected chi connectivity index (χ3v) is 12.9. The van der Waals surface area contributed by atoms with Crippen LogP contribution in [0.4, 0.5) is 4.79 Å². The molecule has 3 saturated carbocycles. The fourth-order valence-corrected chi connectivity index (χ4v) is 9.04. The third-order valence-electron chi connectivity index (χ3n) is 11.1. The van der Waals surface area contributed by atoms with Crippen molar-refractivity contribution in [3.8, 4) is 0 Å². The quantitative estimate of drug-likeness (QED) is 0.143. The molecule has 4 amide bonds. The molecule has 2 aromatic carbocycles. The number of likely N-dealkylation sites (tertiary alicyclic amines) is 1. The van der Waals surface area contributed by atoms with Crippen molar-refractivity contribution >= 4 is 55.8 Å². The number of amides is 4. The Kier molecular flexibility index (Phi) is 10.4. The maximum atomic E-state index is 14.6. The average Bonchev–Trinajstić information content (AvgIpc) is 4.08. The van der Waals surface area contributed by atoms with Crippen LogP contribution in [0.3, 0.4) is 0 Å². The Morgan fingerprint density at radius 3 is 2.18 bits per heavy atom. The first-order valence-corrected chi connectivity index (χ1v) is 20.6. The van der Waals surface area contributed by atoms with Gasteiger partial charge in [0.05, 0.1) is 11.8 Å². The van der Waals surface area contributed by atoms with Crippen LogP contribution in [0.1, 0.15) is 78.6 Å². The fraction of sp³-hybridized carbons (Fsp3) is 0.525. The van der Waals surface area contributed by atoms with Crippen molar-refractivity contribution in [3.05, 3.63) is 66.5 Å². The van der Waals surface area contributed by atoms with Crippen molar-refractivity contribution in [2.24, 2.45) is 16.5 Å². The molecule has 4 fully saturated rings. The number of para-hydroxylation sites is 2. The van der Waals surface area contributed by atoms with Crippen LogP contribution in [0.5, 0.6) is 0 Å². The van der Waals surface area contributed by atoms with Gasteiger partial charge in [-0.15, -0.1) is 6.58 Å². The van der Waals surface area contributed by atoms with Gasteiger partial charge in [0.25, 0.3) is 5.91 Å². The number of rotatable bonds is 11. The van der Waals surface area contributed by atoms with Crippen molar-refractivity contribution in [2.45, 2.75) is 114 Å². The molecular weight excluding hydrogens is 727 g/mol. The number of hydrogen-bond donors (Lipinski definition) is 3. The van der Waals surface area contributed by atoms with Crippen LogP contribution in [-0.2, 0) is 34.0 Å². The average molecular weight is 776 g/mol. The lowest BCUT2D eigenvalue weighted by molar-refractivity contribution is -0.143. The van der Waals surface area contributed by atoms with E-state index in [9.17, 15) is 27.6 Å². The molecule has 0 spiro atoms. The minimum Gasteiger partial charge on any atom is -0.456 e. The van der Waals surface area contributed by atoms with Gasteiger partial charge in [-0.05, 0) is 74.6 Å². The Morgan fingerprint density at radius 1 is 0.964 bits per heavy atom. The molecule has 3 aromatic rings. The largest absolute Gasteiger partial charge is 0.456 e. The number of carbonyl (C=O) groups is 4. The number of ether oxygens (including phenoxy) is 1. The molecule has 0 radical (unpaired) electrons. The van der Waals surface area contributed by atoms with E-state index in [2.05, 4.69) is 27.1 Å². The minimum atomic E-state index is -3.90. The number of nitrogens with one attached hydrogen (secondary N) is 3. The van der Waals surface area contributed by atoms with E-state index >= 15 is 0 Å². The Hall–Kier alpha value is -4.92. The summed E-state index contributed by atoms with van der Waals surface area (Å²) in [6.45, 7) is 9.13. The highest BCUT2D eigenvalue weighted by molar-refractivity contribution is 7.91. The monoisotopic (exact) mass is 775 g/mol. The zero-order valence-corrected chi connectivity index (χ0v) is 32.2. The smallest absolute Gasteiger partial charge is 0.408 e. The van der Waals surface area contributed by atoms with Crippen LogP contribution in [0.2, 0.25) is 0 Å². The molecular formula is C40H49N5O9S. The molecule has 1 aromatic heterocycles. The lowest BCUT2D eigenvalue weighted by Gasteiger charge is -2.35. The molecule has 2 heterocycles. The molecule has 1 aliphatic heterocycles. The van der Waals surface area contributed by atoms with Gasteiger partial charge in [-0.25, -0.2) is 13.2 Å². The van der Waals surface area contributed by atoms with E-state index in [1.54, 1.807) is 20.8 Å². The number of sulfonamides is 1. The van der Waals surface area contributed by atoms with Crippen LogP contribution in [0.25, 0.3) is 21.9 Å². The normalized spacial score (nSPS) is 24.8. The van der Waals surface area contributed by atoms with Gasteiger partial charge in [0.1, 0.15) is 46.4 Å². The summed E-state index contributed by atoms with van der Waals surface area (Å²) >= 11 is 0. The Balaban J connectivity index is 1.18. The highest BCUT2D eigenvalue weighted by Gasteiger charge is 2.62. The van der Waals surface area contributed by atoms with Crippen LogP contribution >= 0.6 is 0 Å². The standard InChI is InChI=1S/C40H49N5O9S/c1-5-24-22-40(24,37(48)44-55(50,51)27-19-20-27)42-35(46)30-21-26(54-43-33-28-15-9-11-17-31(28)53-32-18-12-10-16-29(32)33)23-45(30)36(47)34(39(2,3)4)41-38(49)52-25-13-7-6-8-14-25/h5,9-12,15-18,24-27,30,34H,1,6-8,13-14,19-23H2,2-4H3,(H,41,49)(H,42,46)(H,44,48)/t24-,26-,30+,34-,40+/m1/s1. The maximum Gasteiger partial charge on any atom is 0.408 e. The zero-order chi connectivity index (χ0) is 39.1. The predicted molar refractivity (Wildman–Crippen MR) is 203 cm³/mol. The van der Waals surface area contributed by atoms with E-state index < -0.39 is 74.1 Å². The molecule has 55 heavy (non-hydrogen) atoms. The highest BCUT2D eigenvalue weighted by atomic mass is 32.2. The first kappa shape index (κ1) is 38.4. The molecule has 4 aliphatic rings. The van der Waals surface area contributed by atoms with Gasteiger partial charge >= 0.3 is 6.09 Å². The summed E-state index contributed by atoms with van der Waals surface area (Å²) in [5, 5.41) is 11.4. The Bertz CT molecular complexity index is 2130. The summed E-state index contributed by atoms with van der Waals surface area (Å²) in [5.74, 6) is -2.58. The van der Waals surface area contributed by atoms with Crippen molar-refractivity contribution < 1.29 is 41.6 Å². The number of fused-ring (bicyclic) bond motifs is 2. The topological polar surface area (TPSA) is 186 Å². The second kappa shape index (κ2) is 15.0. The second-order valence-electron chi connectivity index (χ2n) is 16.3. The van der Waals surface area contributed by atoms with E-state index in [-0.39, 0.29) is 25.5 Å². The number of alkyl carbamates (subject to hydrolysis) is 1. The van der Waals surface area contributed by atoms with Gasteiger partial charge in [0.2, 0.25) is 21.8 Å². The fourth-order valence-electron chi connectivity index (χ4n) is 7.68. The molecule has 14 nitrogen and oxygen atoms in total. The molecule has 0 unspecified atom stereocenters. The van der Waals surface area contributed by atoms with Gasteiger partial charge in [0, 0.05) is 23.1 Å². The van der Waals surface area contributed by atoms with Crippen molar-refractivity contribution in [1.29, 1.82) is 0 Å². The van der Waals surface area contributed by atoms with E-state index in [4.69, 9.17) is 14.0 Å². The van der Waals surface area contributed by atoms with Crippen molar-refractivity contribution in [1.82, 2.24) is 20.3 Å². The second-order valence-corrected chi connectivity index (χ2v) is 18.3. The van der Waals surface area contributed by atoms with Crippen LogP contribution in [0, 0.1) is 11.3 Å². The summed E-state index contributed by atoms with van der Waals surface area (Å²) in [6, 6.07) is 12.5. The summed E-state index contributed by atoms with van der Waals surface area (Å²) in [7, 11) is -3.90. The first-order chi connectivity index (χ1) is 26.2. The van der Waals surface area contributed by atoms with Crippen LogP contribution in [-0.4, -0.2) is 78.8 Å². The van der Waals surface area contributed by atoms with Gasteiger partial charge in [-0.3, -0.25) is 19.1 Å². The van der Waals surface area contributed by atoms with Gasteiger partial charge < -0.3 is 29.5 Å². The Morgan fingerprint density at radius 2 is 1.60 bits per heavy atom. The molecule has 294 valence electrons. The zero-order valence-electron chi connectivity index (χ0n) is 31.4. The summed E-state index contributed by atoms with van der Waals surface area (Å²) in [5.41, 5.74) is -1.18. The SMILES string of the molecule is C=C[C@@H]1C[C@@]1(NC(=O)[C@@H]1C[C@@H](ON=c2c3ccccc3oc3ccccc23)CN1C(=O)[C@@H](NC(=O)OC1CCCCC1)C(C)(C)C)C(=O)NS(=O)(=O)C1CC1. The van der Waals surface area contributed by atoms with Crippen LogP contribution in [0.15, 0.2) is 70.8 Å². The minimum absolute atomic E-state index is 0.00560. The van der Waals surface area contributed by atoms with E-state index in [0.29, 0.717) is 40.1 Å².